The van der Waals surface area contributed by atoms with Crippen LogP contribution >= 0.6 is 0 Å². The van der Waals surface area contributed by atoms with E-state index in [0.717, 1.165) is 21.4 Å². The number of aromatic nitrogens is 2. The van der Waals surface area contributed by atoms with Crippen molar-refractivity contribution in [3.63, 3.8) is 0 Å². The number of nitrogens with zero attached hydrogens (tertiary/aromatic N) is 2. The Bertz CT molecular complexity index is 873. The Hall–Kier alpha value is -2.74. The highest BCUT2D eigenvalue weighted by atomic mass is 19.1. The van der Waals surface area contributed by atoms with Crippen molar-refractivity contribution in [2.45, 2.75) is 25.8 Å². The third-order valence-corrected chi connectivity index (χ3v) is 4.23. The highest BCUT2D eigenvalue weighted by Crippen LogP contribution is 2.11. The number of nitrogen functional groups attached to an aromatic ring is 1. The Morgan fingerprint density at radius 1 is 1.23 bits per heavy atom. The molecule has 0 aliphatic carbocycles. The zero-order valence-electron chi connectivity index (χ0n) is 14.8. The van der Waals surface area contributed by atoms with Crippen LogP contribution in [0.4, 0.5) is 10.2 Å². The summed E-state index contributed by atoms with van der Waals surface area (Å²) in [5.74, 6) is -0.472. The van der Waals surface area contributed by atoms with Gasteiger partial charge in [-0.05, 0) is 49.2 Å². The maximum absolute atomic E-state index is 13.3. The van der Waals surface area contributed by atoms with E-state index in [2.05, 4.69) is 5.32 Å². The minimum atomic E-state index is -0.588. The van der Waals surface area contributed by atoms with Crippen LogP contribution in [0.5, 0.6) is 0 Å². The van der Waals surface area contributed by atoms with Crippen LogP contribution in [-0.2, 0) is 13.6 Å². The molecule has 1 aromatic heterocycles. The molecule has 140 valence electrons. The summed E-state index contributed by atoms with van der Waals surface area (Å²) in [6.45, 7) is 2.49. The predicted octanol–water partition coefficient (Wildman–Crippen LogP) is 1.07. The predicted molar refractivity (Wildman–Crippen MR) is 100 cm³/mol. The SMILES string of the molecule is C1CCNCC1.Cn1c(=O)cc(N)n(Cc2cc(F)ccc2C=N)c1=O. The Kier molecular flexibility index (Phi) is 6.85. The number of halogens is 1. The molecule has 1 aliphatic rings. The maximum atomic E-state index is 13.3. The standard InChI is InChI=1S/C13H13FN4O2.C5H11N/c1-17-12(19)5-11(16)18(13(17)20)7-9-4-10(14)3-2-8(9)6-15;1-2-4-6-5-3-1/h2-6,15H,7,16H2,1H3;6H,1-5H2. The number of nitrogens with one attached hydrogen (secondary N) is 2. The summed E-state index contributed by atoms with van der Waals surface area (Å²) in [6, 6.07) is 5.04. The van der Waals surface area contributed by atoms with Crippen LogP contribution in [0.15, 0.2) is 33.9 Å². The molecule has 2 heterocycles. The second kappa shape index (κ2) is 9.10. The van der Waals surface area contributed by atoms with Crippen molar-refractivity contribution in [2.24, 2.45) is 7.05 Å². The molecule has 0 atom stereocenters. The van der Waals surface area contributed by atoms with Gasteiger partial charge in [-0.15, -0.1) is 0 Å². The summed E-state index contributed by atoms with van der Waals surface area (Å²) in [7, 11) is 1.34. The first-order valence-corrected chi connectivity index (χ1v) is 8.50. The van der Waals surface area contributed by atoms with Crippen LogP contribution in [0.1, 0.15) is 30.4 Å². The van der Waals surface area contributed by atoms with Crippen molar-refractivity contribution < 1.29 is 4.39 Å². The van der Waals surface area contributed by atoms with Crippen LogP contribution in [0.2, 0.25) is 0 Å². The van der Waals surface area contributed by atoms with Gasteiger partial charge in [-0.2, -0.15) is 0 Å². The van der Waals surface area contributed by atoms with E-state index in [1.807, 2.05) is 0 Å². The fourth-order valence-electron chi connectivity index (χ4n) is 2.67. The molecular formula is C18H24FN5O2. The van der Waals surface area contributed by atoms with Gasteiger partial charge in [0.05, 0.1) is 6.54 Å². The largest absolute Gasteiger partial charge is 0.385 e. The van der Waals surface area contributed by atoms with E-state index in [1.165, 1.54) is 57.6 Å². The second-order valence-electron chi connectivity index (χ2n) is 6.13. The van der Waals surface area contributed by atoms with E-state index in [-0.39, 0.29) is 12.4 Å². The van der Waals surface area contributed by atoms with Gasteiger partial charge in [-0.25, -0.2) is 9.18 Å². The number of anilines is 1. The Morgan fingerprint density at radius 2 is 1.92 bits per heavy atom. The highest BCUT2D eigenvalue weighted by molar-refractivity contribution is 5.79. The number of piperidine rings is 1. The van der Waals surface area contributed by atoms with Crippen molar-refractivity contribution in [1.82, 2.24) is 14.5 Å². The van der Waals surface area contributed by atoms with Crippen LogP contribution < -0.4 is 22.3 Å². The van der Waals surface area contributed by atoms with Gasteiger partial charge in [-0.3, -0.25) is 13.9 Å². The van der Waals surface area contributed by atoms with Gasteiger partial charge in [0.25, 0.3) is 5.56 Å². The van der Waals surface area contributed by atoms with E-state index in [9.17, 15) is 14.0 Å². The highest BCUT2D eigenvalue weighted by Gasteiger charge is 2.10. The maximum Gasteiger partial charge on any atom is 0.332 e. The summed E-state index contributed by atoms with van der Waals surface area (Å²) in [6.07, 6.45) is 5.28. The average molecular weight is 361 g/mol. The molecule has 0 radical (unpaired) electrons. The quantitative estimate of drug-likeness (QED) is 0.711. The van der Waals surface area contributed by atoms with Gasteiger partial charge in [0.2, 0.25) is 0 Å². The van der Waals surface area contributed by atoms with Gasteiger partial charge >= 0.3 is 5.69 Å². The van der Waals surface area contributed by atoms with Crippen molar-refractivity contribution >= 4 is 12.0 Å². The number of hydrogen-bond donors (Lipinski definition) is 3. The fourth-order valence-corrected chi connectivity index (χ4v) is 2.67. The molecule has 1 aromatic carbocycles. The number of nitrogens with two attached hydrogens (primary N) is 1. The van der Waals surface area contributed by atoms with Crippen LogP contribution in [0, 0.1) is 11.2 Å². The molecule has 8 heteroatoms. The van der Waals surface area contributed by atoms with Crippen molar-refractivity contribution in [3.05, 3.63) is 62.0 Å². The lowest BCUT2D eigenvalue weighted by atomic mass is 10.1. The Morgan fingerprint density at radius 3 is 2.46 bits per heavy atom. The molecular weight excluding hydrogens is 337 g/mol. The minimum Gasteiger partial charge on any atom is -0.385 e. The molecule has 2 aromatic rings. The van der Waals surface area contributed by atoms with Gasteiger partial charge in [0.15, 0.2) is 0 Å². The third-order valence-electron chi connectivity index (χ3n) is 4.23. The lowest BCUT2D eigenvalue weighted by Crippen LogP contribution is -2.39. The van der Waals surface area contributed by atoms with Crippen LogP contribution in [0.25, 0.3) is 0 Å². The summed E-state index contributed by atoms with van der Waals surface area (Å²) in [5, 5.41) is 10.6. The monoisotopic (exact) mass is 361 g/mol. The van der Waals surface area contributed by atoms with E-state index < -0.39 is 17.1 Å². The van der Waals surface area contributed by atoms with E-state index in [4.69, 9.17) is 11.1 Å². The molecule has 4 N–H and O–H groups in total. The molecule has 3 rings (SSSR count). The molecule has 0 spiro atoms. The molecule has 1 saturated heterocycles. The summed E-state index contributed by atoms with van der Waals surface area (Å²) < 4.78 is 15.4. The van der Waals surface area contributed by atoms with Gasteiger partial charge in [0, 0.05) is 19.3 Å². The molecule has 1 fully saturated rings. The lowest BCUT2D eigenvalue weighted by molar-refractivity contribution is 0.520. The first kappa shape index (κ1) is 19.6. The fraction of sp³-hybridized carbons (Fsp3) is 0.389. The molecule has 1 aliphatic heterocycles. The van der Waals surface area contributed by atoms with E-state index in [1.54, 1.807) is 0 Å². The van der Waals surface area contributed by atoms with Crippen molar-refractivity contribution in [1.29, 1.82) is 5.41 Å². The van der Waals surface area contributed by atoms with Crippen LogP contribution in [0.3, 0.4) is 0 Å². The third kappa shape index (κ3) is 4.89. The molecule has 0 unspecified atom stereocenters. The van der Waals surface area contributed by atoms with Gasteiger partial charge < -0.3 is 16.5 Å². The van der Waals surface area contributed by atoms with Gasteiger partial charge in [-0.1, -0.05) is 12.5 Å². The normalized spacial score (nSPS) is 13.6. The Balaban J connectivity index is 0.000000342. The average Bonchev–Trinajstić information content (AvgIpc) is 2.65. The second-order valence-corrected chi connectivity index (χ2v) is 6.13. The Labute approximate surface area is 150 Å². The summed E-state index contributed by atoms with van der Waals surface area (Å²) in [5.41, 5.74) is 5.49. The first-order valence-electron chi connectivity index (χ1n) is 8.50. The smallest absolute Gasteiger partial charge is 0.332 e. The number of benzene rings is 1. The summed E-state index contributed by atoms with van der Waals surface area (Å²) >= 11 is 0. The lowest BCUT2D eigenvalue weighted by Gasteiger charge is -2.12. The van der Waals surface area contributed by atoms with E-state index >= 15 is 0 Å². The van der Waals surface area contributed by atoms with Gasteiger partial charge in [0.1, 0.15) is 11.6 Å². The number of hydrogen-bond acceptors (Lipinski definition) is 5. The first-order chi connectivity index (χ1) is 12.4. The topological polar surface area (TPSA) is 106 Å². The number of rotatable bonds is 3. The minimum absolute atomic E-state index is 0.00158. The summed E-state index contributed by atoms with van der Waals surface area (Å²) in [4.78, 5) is 23.4. The molecule has 0 saturated carbocycles. The van der Waals surface area contributed by atoms with Crippen molar-refractivity contribution in [3.8, 4) is 0 Å². The van der Waals surface area contributed by atoms with E-state index in [0.29, 0.717) is 11.1 Å². The molecule has 0 amide bonds. The molecule has 0 bridgehead atoms. The van der Waals surface area contributed by atoms with Crippen LogP contribution in [-0.4, -0.2) is 28.4 Å². The zero-order chi connectivity index (χ0) is 19.1. The molecule has 26 heavy (non-hydrogen) atoms. The molecule has 7 nitrogen and oxygen atoms in total. The van der Waals surface area contributed by atoms with Crippen molar-refractivity contribution in [2.75, 3.05) is 18.8 Å². The zero-order valence-corrected chi connectivity index (χ0v) is 14.8.